The van der Waals surface area contributed by atoms with Crippen LogP contribution in [0.1, 0.15) is 53.9 Å². The van der Waals surface area contributed by atoms with Gasteiger partial charge >= 0.3 is 0 Å². The molecule has 0 nitrogen and oxygen atoms in total. The highest BCUT2D eigenvalue weighted by Gasteiger charge is 2.26. The van der Waals surface area contributed by atoms with Gasteiger partial charge in [-0.3, -0.25) is 0 Å². The summed E-state index contributed by atoms with van der Waals surface area (Å²) in [6, 6.07) is 0. The summed E-state index contributed by atoms with van der Waals surface area (Å²) in [4.78, 5) is 0. The van der Waals surface area contributed by atoms with Crippen LogP contribution in [0, 0.1) is 17.3 Å². The molecule has 13 heavy (non-hydrogen) atoms. The van der Waals surface area contributed by atoms with Crippen molar-refractivity contribution in [1.29, 1.82) is 0 Å². The van der Waals surface area contributed by atoms with Crippen LogP contribution in [-0.4, -0.2) is 0 Å². The van der Waals surface area contributed by atoms with E-state index < -0.39 is 0 Å². The first kappa shape index (κ1) is 10.8. The van der Waals surface area contributed by atoms with Gasteiger partial charge in [-0.2, -0.15) is 0 Å². The zero-order valence-corrected chi connectivity index (χ0v) is 9.85. The van der Waals surface area contributed by atoms with Crippen LogP contribution >= 0.6 is 0 Å². The molecule has 0 amide bonds. The van der Waals surface area contributed by atoms with Crippen molar-refractivity contribution in [3.63, 3.8) is 0 Å². The lowest BCUT2D eigenvalue weighted by Crippen LogP contribution is -2.20. The minimum absolute atomic E-state index is 0.413. The first-order valence-corrected chi connectivity index (χ1v) is 5.62. The van der Waals surface area contributed by atoms with Gasteiger partial charge < -0.3 is 0 Å². The van der Waals surface area contributed by atoms with Crippen LogP contribution in [0.4, 0.5) is 0 Å². The summed E-state index contributed by atoms with van der Waals surface area (Å²) in [6.07, 6.45) is 6.58. The number of hydrogen-bond donors (Lipinski definition) is 0. The monoisotopic (exact) mass is 180 g/mol. The largest absolute Gasteiger partial charge is 0.0794 e. The smallest absolute Gasteiger partial charge is 0.0146 e. The average molecular weight is 180 g/mol. The van der Waals surface area contributed by atoms with Gasteiger partial charge in [0.15, 0.2) is 0 Å². The van der Waals surface area contributed by atoms with Gasteiger partial charge in [0.2, 0.25) is 0 Å². The van der Waals surface area contributed by atoms with Crippen molar-refractivity contribution in [3.05, 3.63) is 11.6 Å². The molecule has 1 fully saturated rings. The maximum absolute atomic E-state index is 2.51. The average Bonchev–Trinajstić information content (AvgIpc) is 2.69. The fourth-order valence-electron chi connectivity index (χ4n) is 1.90. The summed E-state index contributed by atoms with van der Waals surface area (Å²) < 4.78 is 0. The van der Waals surface area contributed by atoms with E-state index in [0.717, 1.165) is 11.8 Å². The van der Waals surface area contributed by atoms with E-state index in [-0.39, 0.29) is 0 Å². The molecule has 1 saturated carbocycles. The molecule has 0 aromatic heterocycles. The number of allylic oxidation sites excluding steroid dienone is 2. The molecule has 0 bridgehead atoms. The second-order valence-corrected chi connectivity index (χ2v) is 5.65. The van der Waals surface area contributed by atoms with Gasteiger partial charge in [-0.1, -0.05) is 46.3 Å². The van der Waals surface area contributed by atoms with E-state index in [0.29, 0.717) is 5.41 Å². The fourth-order valence-corrected chi connectivity index (χ4v) is 1.90. The molecule has 0 aliphatic heterocycles. The summed E-state index contributed by atoms with van der Waals surface area (Å²) in [5.41, 5.74) is 2.09. The van der Waals surface area contributed by atoms with Crippen molar-refractivity contribution >= 4 is 0 Å². The quantitative estimate of drug-likeness (QED) is 0.562. The van der Waals surface area contributed by atoms with Crippen LogP contribution in [-0.2, 0) is 0 Å². The summed E-state index contributed by atoms with van der Waals surface area (Å²) in [7, 11) is 0. The normalized spacial score (nSPS) is 19.1. The van der Waals surface area contributed by atoms with Crippen molar-refractivity contribution in [1.82, 2.24) is 0 Å². The number of rotatable bonds is 4. The Morgan fingerprint density at radius 2 is 1.77 bits per heavy atom. The molecule has 0 heterocycles. The number of hydrogen-bond acceptors (Lipinski definition) is 0. The maximum Gasteiger partial charge on any atom is -0.0146 e. The van der Waals surface area contributed by atoms with E-state index in [9.17, 15) is 0 Å². The van der Waals surface area contributed by atoms with Gasteiger partial charge in [0.05, 0.1) is 0 Å². The summed E-state index contributed by atoms with van der Waals surface area (Å²) in [5, 5.41) is 0. The first-order valence-electron chi connectivity index (χ1n) is 5.62. The van der Waals surface area contributed by atoms with Crippen LogP contribution in [0.5, 0.6) is 0 Å². The molecule has 0 spiro atoms. The van der Waals surface area contributed by atoms with Gasteiger partial charge in [0.1, 0.15) is 0 Å². The molecule has 0 radical (unpaired) electrons. The van der Waals surface area contributed by atoms with Crippen LogP contribution in [0.2, 0.25) is 0 Å². The molecule has 1 atom stereocenters. The maximum atomic E-state index is 2.51. The van der Waals surface area contributed by atoms with Crippen LogP contribution in [0.15, 0.2) is 11.6 Å². The van der Waals surface area contributed by atoms with E-state index in [1.54, 1.807) is 5.57 Å². The highest BCUT2D eigenvalue weighted by atomic mass is 14.3. The third-order valence-corrected chi connectivity index (χ3v) is 3.21. The van der Waals surface area contributed by atoms with E-state index >= 15 is 0 Å². The molecule has 1 unspecified atom stereocenters. The van der Waals surface area contributed by atoms with E-state index in [2.05, 4.69) is 40.7 Å². The Bertz CT molecular complexity index is 190. The topological polar surface area (TPSA) is 0 Å². The first-order chi connectivity index (χ1) is 5.92. The molecule has 76 valence electrons. The fraction of sp³-hybridized carbons (Fsp3) is 0.846. The summed E-state index contributed by atoms with van der Waals surface area (Å²) >= 11 is 0. The summed E-state index contributed by atoms with van der Waals surface area (Å²) in [6.45, 7) is 11.8. The van der Waals surface area contributed by atoms with E-state index in [1.807, 2.05) is 0 Å². The standard InChI is InChI=1S/C13H24/c1-10(2)8-11(3)13(4,5)9-12-6-7-12/h9-11H,6-8H2,1-5H3. The van der Waals surface area contributed by atoms with Gasteiger partial charge in [0, 0.05) is 0 Å². The van der Waals surface area contributed by atoms with E-state index in [4.69, 9.17) is 0 Å². The van der Waals surface area contributed by atoms with Gasteiger partial charge in [0.25, 0.3) is 0 Å². The molecule has 1 aliphatic rings. The lowest BCUT2D eigenvalue weighted by atomic mass is 9.75. The van der Waals surface area contributed by atoms with Crippen LogP contribution in [0.25, 0.3) is 0 Å². The molecule has 0 N–H and O–H groups in total. The minimum Gasteiger partial charge on any atom is -0.0794 e. The highest BCUT2D eigenvalue weighted by molar-refractivity contribution is 5.20. The zero-order chi connectivity index (χ0) is 10.1. The Labute approximate surface area is 83.4 Å². The van der Waals surface area contributed by atoms with Gasteiger partial charge in [-0.05, 0) is 36.5 Å². The van der Waals surface area contributed by atoms with Gasteiger partial charge in [-0.15, -0.1) is 0 Å². The Balaban J connectivity index is 2.51. The Morgan fingerprint density at radius 3 is 2.15 bits per heavy atom. The second kappa shape index (κ2) is 3.86. The minimum atomic E-state index is 0.413. The predicted molar refractivity (Wildman–Crippen MR) is 59.7 cm³/mol. The van der Waals surface area contributed by atoms with E-state index in [1.165, 1.54) is 19.3 Å². The third kappa shape index (κ3) is 3.54. The molecular weight excluding hydrogens is 156 g/mol. The van der Waals surface area contributed by atoms with Crippen molar-refractivity contribution < 1.29 is 0 Å². The molecular formula is C13H24. The lowest BCUT2D eigenvalue weighted by molar-refractivity contribution is 0.260. The lowest BCUT2D eigenvalue weighted by Gasteiger charge is -2.30. The third-order valence-electron chi connectivity index (χ3n) is 3.21. The SMILES string of the molecule is CC(C)CC(C)C(C)(C)C=C1CC1. The summed E-state index contributed by atoms with van der Waals surface area (Å²) in [5.74, 6) is 1.63. The van der Waals surface area contributed by atoms with Crippen molar-refractivity contribution in [3.8, 4) is 0 Å². The highest BCUT2D eigenvalue weighted by Crippen LogP contribution is 2.39. The predicted octanol–water partition coefficient (Wildman–Crippen LogP) is 4.42. The van der Waals surface area contributed by atoms with Crippen molar-refractivity contribution in [2.24, 2.45) is 17.3 Å². The molecule has 1 rings (SSSR count). The van der Waals surface area contributed by atoms with Crippen LogP contribution < -0.4 is 0 Å². The molecule has 1 aliphatic carbocycles. The molecule has 0 aromatic rings. The van der Waals surface area contributed by atoms with Crippen molar-refractivity contribution in [2.75, 3.05) is 0 Å². The Morgan fingerprint density at radius 1 is 1.23 bits per heavy atom. The Kier molecular flexibility index (Phi) is 3.21. The second-order valence-electron chi connectivity index (χ2n) is 5.65. The molecule has 0 saturated heterocycles. The molecule has 0 heteroatoms. The van der Waals surface area contributed by atoms with Crippen LogP contribution in [0.3, 0.4) is 0 Å². The Hall–Kier alpha value is -0.260. The zero-order valence-electron chi connectivity index (χ0n) is 9.85. The van der Waals surface area contributed by atoms with Gasteiger partial charge in [-0.25, -0.2) is 0 Å². The molecule has 0 aromatic carbocycles. The van der Waals surface area contributed by atoms with Crippen molar-refractivity contribution in [2.45, 2.75) is 53.9 Å².